The number of sulfonamides is 1. The van der Waals surface area contributed by atoms with Gasteiger partial charge in [-0.2, -0.15) is 4.31 Å². The topological polar surface area (TPSA) is 92.1 Å². The Morgan fingerprint density at radius 2 is 2.00 bits per heavy atom. The van der Waals surface area contributed by atoms with E-state index >= 15 is 0 Å². The highest BCUT2D eigenvalue weighted by atomic mass is 32.2. The van der Waals surface area contributed by atoms with Gasteiger partial charge in [-0.05, 0) is 30.9 Å². The van der Waals surface area contributed by atoms with Gasteiger partial charge < -0.3 is 4.90 Å². The molecule has 138 valence electrons. The molecule has 3 aliphatic rings. The van der Waals surface area contributed by atoms with Gasteiger partial charge >= 0.3 is 0 Å². The van der Waals surface area contributed by atoms with Crippen molar-refractivity contribution in [3.63, 3.8) is 0 Å². The monoisotopic (exact) mass is 376 g/mol. The highest BCUT2D eigenvalue weighted by Crippen LogP contribution is 2.29. The highest BCUT2D eigenvalue weighted by Gasteiger charge is 2.40. The molecular weight excluding hydrogens is 356 g/mol. The zero-order chi connectivity index (χ0) is 18.5. The molecule has 1 amide bonds. The van der Waals surface area contributed by atoms with E-state index in [1.807, 2.05) is 0 Å². The van der Waals surface area contributed by atoms with Crippen molar-refractivity contribution in [3.05, 3.63) is 46.5 Å². The molecule has 0 aromatic carbocycles. The molecule has 0 saturated carbocycles. The maximum atomic E-state index is 13.1. The van der Waals surface area contributed by atoms with E-state index in [1.165, 1.54) is 21.2 Å². The third kappa shape index (κ3) is 2.90. The number of piperidine rings is 1. The standard InChI is InChI=1S/C17H20N4O4S/c1-26(24,25)19-9-12-5-6-13(11-19)21(10-12)17(23)14-8-18-15-4-2-3-7-20(15)16(14)22/h2-4,7-8,12-13H,5-6,9-11H2,1H3/t12-,13+/m1/s1. The van der Waals surface area contributed by atoms with Crippen LogP contribution in [0.3, 0.4) is 0 Å². The van der Waals surface area contributed by atoms with Gasteiger partial charge in [0.25, 0.3) is 11.5 Å². The fourth-order valence-electron chi connectivity index (χ4n) is 3.89. The normalized spacial score (nSPS) is 24.0. The van der Waals surface area contributed by atoms with Gasteiger partial charge in [-0.1, -0.05) is 6.07 Å². The van der Waals surface area contributed by atoms with E-state index in [4.69, 9.17) is 0 Å². The van der Waals surface area contributed by atoms with E-state index in [0.717, 1.165) is 12.8 Å². The summed E-state index contributed by atoms with van der Waals surface area (Å²) in [7, 11) is -3.31. The van der Waals surface area contributed by atoms with Gasteiger partial charge in [-0.25, -0.2) is 13.4 Å². The van der Waals surface area contributed by atoms with Gasteiger partial charge in [-0.15, -0.1) is 0 Å². The van der Waals surface area contributed by atoms with Crippen molar-refractivity contribution in [2.45, 2.75) is 18.9 Å². The molecule has 3 aliphatic heterocycles. The first-order valence-electron chi connectivity index (χ1n) is 8.57. The predicted molar refractivity (Wildman–Crippen MR) is 95.4 cm³/mol. The van der Waals surface area contributed by atoms with E-state index in [-0.39, 0.29) is 30.0 Å². The van der Waals surface area contributed by atoms with Crippen molar-refractivity contribution in [2.75, 3.05) is 25.9 Å². The number of pyridine rings is 1. The Labute approximate surface area is 151 Å². The smallest absolute Gasteiger partial charge is 0.270 e. The summed E-state index contributed by atoms with van der Waals surface area (Å²) in [5.41, 5.74) is 0.0996. The fourth-order valence-corrected chi connectivity index (χ4v) is 4.81. The van der Waals surface area contributed by atoms with Crippen molar-refractivity contribution in [1.29, 1.82) is 0 Å². The first kappa shape index (κ1) is 17.2. The second kappa shape index (κ2) is 6.17. The van der Waals surface area contributed by atoms with Crippen LogP contribution in [-0.2, 0) is 10.0 Å². The fraction of sp³-hybridized carbons (Fsp3) is 0.471. The van der Waals surface area contributed by atoms with E-state index in [2.05, 4.69) is 4.98 Å². The molecule has 8 nitrogen and oxygen atoms in total. The Bertz CT molecular complexity index is 1030. The molecule has 0 radical (unpaired) electrons. The number of amides is 1. The minimum absolute atomic E-state index is 0.0205. The first-order chi connectivity index (χ1) is 12.3. The average molecular weight is 376 g/mol. The number of hydrogen-bond acceptors (Lipinski definition) is 5. The van der Waals surface area contributed by atoms with Crippen LogP contribution >= 0.6 is 0 Å². The predicted octanol–water partition coefficient (Wildman–Crippen LogP) is 0.190. The summed E-state index contributed by atoms with van der Waals surface area (Å²) < 4.78 is 26.7. The SMILES string of the molecule is CS(=O)(=O)N1C[C@H]2CC[C@@H](C1)N(C(=O)c1cnc3ccccn3c1=O)C2. The first-order valence-corrected chi connectivity index (χ1v) is 10.4. The Hall–Kier alpha value is -2.26. The maximum Gasteiger partial charge on any atom is 0.270 e. The number of nitrogens with zero attached hydrogens (tertiary/aromatic N) is 4. The lowest BCUT2D eigenvalue weighted by atomic mass is 9.94. The molecule has 3 fully saturated rings. The van der Waals surface area contributed by atoms with E-state index in [1.54, 1.807) is 29.3 Å². The Balaban J connectivity index is 1.69. The summed E-state index contributed by atoms with van der Waals surface area (Å²) in [6.45, 7) is 1.17. The third-order valence-electron chi connectivity index (χ3n) is 5.25. The Morgan fingerprint density at radius 3 is 2.77 bits per heavy atom. The number of rotatable bonds is 2. The molecular formula is C17H20N4O4S. The van der Waals surface area contributed by atoms with Gasteiger partial charge in [0, 0.05) is 38.1 Å². The third-order valence-corrected chi connectivity index (χ3v) is 6.49. The number of carbonyl (C=O) groups is 1. The molecule has 26 heavy (non-hydrogen) atoms. The second-order valence-corrected chi connectivity index (χ2v) is 9.02. The largest absolute Gasteiger partial charge is 0.334 e. The number of aromatic nitrogens is 2. The van der Waals surface area contributed by atoms with Gasteiger partial charge in [0.1, 0.15) is 11.2 Å². The van der Waals surface area contributed by atoms with Crippen LogP contribution in [0.15, 0.2) is 35.4 Å². The molecule has 0 aliphatic carbocycles. The van der Waals surface area contributed by atoms with Gasteiger partial charge in [0.15, 0.2) is 0 Å². The van der Waals surface area contributed by atoms with Crippen molar-refractivity contribution < 1.29 is 13.2 Å². The Kier molecular flexibility index (Phi) is 4.07. The summed E-state index contributed by atoms with van der Waals surface area (Å²) in [4.78, 5) is 31.6. The molecule has 2 atom stereocenters. The zero-order valence-electron chi connectivity index (χ0n) is 14.4. The van der Waals surface area contributed by atoms with Crippen LogP contribution in [0.4, 0.5) is 0 Å². The molecule has 2 aromatic heterocycles. The quantitative estimate of drug-likeness (QED) is 0.746. The van der Waals surface area contributed by atoms with Crippen LogP contribution in [0.2, 0.25) is 0 Å². The minimum atomic E-state index is -3.31. The molecule has 5 rings (SSSR count). The van der Waals surface area contributed by atoms with Gasteiger partial charge in [0.05, 0.1) is 6.26 Å². The maximum absolute atomic E-state index is 13.1. The van der Waals surface area contributed by atoms with E-state index < -0.39 is 15.6 Å². The minimum Gasteiger partial charge on any atom is -0.334 e. The van der Waals surface area contributed by atoms with E-state index in [0.29, 0.717) is 18.7 Å². The molecule has 9 heteroatoms. The summed E-state index contributed by atoms with van der Waals surface area (Å²) >= 11 is 0. The highest BCUT2D eigenvalue weighted by molar-refractivity contribution is 7.88. The molecule has 5 heterocycles. The molecule has 2 bridgehead atoms. The van der Waals surface area contributed by atoms with Crippen LogP contribution in [0.25, 0.3) is 5.65 Å². The average Bonchev–Trinajstić information content (AvgIpc) is 2.94. The summed E-state index contributed by atoms with van der Waals surface area (Å²) in [6.07, 6.45) is 5.73. The Morgan fingerprint density at radius 1 is 1.19 bits per heavy atom. The number of carbonyl (C=O) groups excluding carboxylic acids is 1. The van der Waals surface area contributed by atoms with Crippen molar-refractivity contribution >= 4 is 21.6 Å². The zero-order valence-corrected chi connectivity index (χ0v) is 15.2. The molecule has 0 unspecified atom stereocenters. The molecule has 0 N–H and O–H groups in total. The second-order valence-electron chi connectivity index (χ2n) is 7.04. The van der Waals surface area contributed by atoms with Crippen LogP contribution in [0.5, 0.6) is 0 Å². The summed E-state index contributed by atoms with van der Waals surface area (Å²) in [5.74, 6) is -0.283. The van der Waals surface area contributed by atoms with Crippen LogP contribution in [0.1, 0.15) is 23.2 Å². The van der Waals surface area contributed by atoms with Crippen LogP contribution < -0.4 is 5.56 Å². The van der Waals surface area contributed by atoms with Gasteiger partial charge in [0.2, 0.25) is 10.0 Å². The van der Waals surface area contributed by atoms with Crippen molar-refractivity contribution in [1.82, 2.24) is 18.6 Å². The number of hydrogen-bond donors (Lipinski definition) is 0. The lowest BCUT2D eigenvalue weighted by Gasteiger charge is -2.36. The van der Waals surface area contributed by atoms with E-state index in [9.17, 15) is 18.0 Å². The summed E-state index contributed by atoms with van der Waals surface area (Å²) in [6, 6.07) is 4.97. The number of fused-ring (bicyclic) bond motifs is 5. The lowest BCUT2D eigenvalue weighted by Crippen LogP contribution is -2.49. The van der Waals surface area contributed by atoms with Crippen molar-refractivity contribution in [2.24, 2.45) is 5.92 Å². The lowest BCUT2D eigenvalue weighted by molar-refractivity contribution is 0.0586. The molecule has 2 aromatic rings. The summed E-state index contributed by atoms with van der Waals surface area (Å²) in [5, 5.41) is 0. The van der Waals surface area contributed by atoms with Crippen LogP contribution in [-0.4, -0.2) is 64.8 Å². The van der Waals surface area contributed by atoms with Crippen LogP contribution in [0, 0.1) is 5.92 Å². The van der Waals surface area contributed by atoms with Crippen molar-refractivity contribution in [3.8, 4) is 0 Å². The molecule has 3 saturated heterocycles. The van der Waals surface area contributed by atoms with Gasteiger partial charge in [-0.3, -0.25) is 14.0 Å². The molecule has 0 spiro atoms.